The maximum atomic E-state index is 13.0. The molecule has 4 aromatic rings. The number of benzene rings is 2. The molecule has 1 amide bonds. The van der Waals surface area contributed by atoms with E-state index in [1.165, 1.54) is 5.56 Å². The summed E-state index contributed by atoms with van der Waals surface area (Å²) in [6.45, 7) is 7.04. The molecule has 0 fully saturated rings. The standard InChI is InChI=1S/C22H22ClN5O/c1-4-27-18-8-6-5-7-17(18)24-22(27)25-21(29)19-15(3)26-28(20(19)23)13-16-11-9-14(2)10-12-16/h5-12H,4,13H2,1-3H3,(H,24,25,29). The second kappa shape index (κ2) is 7.72. The summed E-state index contributed by atoms with van der Waals surface area (Å²) in [5.41, 5.74) is 5.02. The summed E-state index contributed by atoms with van der Waals surface area (Å²) < 4.78 is 3.62. The summed E-state index contributed by atoms with van der Waals surface area (Å²) in [5, 5.41) is 7.70. The van der Waals surface area contributed by atoms with Crippen molar-refractivity contribution in [3.63, 3.8) is 0 Å². The lowest BCUT2D eigenvalue weighted by atomic mass is 10.1. The van der Waals surface area contributed by atoms with Crippen molar-refractivity contribution in [1.82, 2.24) is 19.3 Å². The van der Waals surface area contributed by atoms with Gasteiger partial charge in [-0.15, -0.1) is 0 Å². The highest BCUT2D eigenvalue weighted by atomic mass is 35.5. The molecule has 0 bridgehead atoms. The van der Waals surface area contributed by atoms with Gasteiger partial charge in [-0.3, -0.25) is 10.1 Å². The number of aryl methyl sites for hydroxylation is 3. The first-order valence-electron chi connectivity index (χ1n) is 9.53. The summed E-state index contributed by atoms with van der Waals surface area (Å²) in [6, 6.07) is 16.0. The van der Waals surface area contributed by atoms with Crippen molar-refractivity contribution in [2.45, 2.75) is 33.9 Å². The molecule has 2 aromatic carbocycles. The zero-order chi connectivity index (χ0) is 20.5. The molecule has 0 saturated heterocycles. The number of carbonyl (C=O) groups excluding carboxylic acids is 1. The van der Waals surface area contributed by atoms with Crippen LogP contribution in [-0.4, -0.2) is 25.2 Å². The Kier molecular flexibility index (Phi) is 5.11. The molecule has 6 nitrogen and oxygen atoms in total. The average molecular weight is 408 g/mol. The van der Waals surface area contributed by atoms with Crippen molar-refractivity contribution in [1.29, 1.82) is 0 Å². The maximum absolute atomic E-state index is 13.0. The van der Waals surface area contributed by atoms with Gasteiger partial charge >= 0.3 is 0 Å². The summed E-state index contributed by atoms with van der Waals surface area (Å²) in [5.74, 6) is 0.188. The third-order valence-corrected chi connectivity index (χ3v) is 5.33. The number of aromatic nitrogens is 4. The van der Waals surface area contributed by atoms with Crippen molar-refractivity contribution in [2.75, 3.05) is 5.32 Å². The van der Waals surface area contributed by atoms with Gasteiger partial charge in [0.25, 0.3) is 5.91 Å². The minimum absolute atomic E-state index is 0.312. The minimum Gasteiger partial charge on any atom is -0.310 e. The Morgan fingerprint density at radius 2 is 1.83 bits per heavy atom. The van der Waals surface area contributed by atoms with E-state index in [1.54, 1.807) is 11.6 Å². The van der Waals surface area contributed by atoms with Gasteiger partial charge in [-0.05, 0) is 38.5 Å². The molecule has 7 heteroatoms. The van der Waals surface area contributed by atoms with Crippen molar-refractivity contribution in [3.8, 4) is 0 Å². The number of anilines is 1. The first kappa shape index (κ1) is 19.2. The van der Waals surface area contributed by atoms with E-state index < -0.39 is 0 Å². The molecule has 148 valence electrons. The van der Waals surface area contributed by atoms with E-state index in [2.05, 4.69) is 15.4 Å². The summed E-state index contributed by atoms with van der Waals surface area (Å²) in [6.07, 6.45) is 0. The van der Waals surface area contributed by atoms with Crippen molar-refractivity contribution < 1.29 is 4.79 Å². The van der Waals surface area contributed by atoms with Crippen molar-refractivity contribution >= 4 is 34.5 Å². The van der Waals surface area contributed by atoms with E-state index in [1.807, 2.05) is 66.9 Å². The number of nitrogens with zero attached hydrogens (tertiary/aromatic N) is 4. The summed E-state index contributed by atoms with van der Waals surface area (Å²) >= 11 is 6.54. The summed E-state index contributed by atoms with van der Waals surface area (Å²) in [4.78, 5) is 17.6. The molecule has 0 radical (unpaired) electrons. The second-order valence-corrected chi connectivity index (χ2v) is 7.37. The molecule has 4 rings (SSSR count). The van der Waals surface area contributed by atoms with Crippen LogP contribution >= 0.6 is 11.6 Å². The predicted molar refractivity (Wildman–Crippen MR) is 116 cm³/mol. The molecule has 2 aromatic heterocycles. The average Bonchev–Trinajstić information content (AvgIpc) is 3.19. The first-order valence-corrected chi connectivity index (χ1v) is 9.90. The molecular weight excluding hydrogens is 386 g/mol. The topological polar surface area (TPSA) is 64.7 Å². The minimum atomic E-state index is -0.312. The van der Waals surface area contributed by atoms with Crippen LogP contribution in [0, 0.1) is 13.8 Å². The van der Waals surface area contributed by atoms with Gasteiger partial charge in [-0.2, -0.15) is 5.10 Å². The van der Waals surface area contributed by atoms with Crippen LogP contribution in [0.2, 0.25) is 5.15 Å². The molecule has 2 heterocycles. The molecule has 0 aliphatic rings. The third kappa shape index (κ3) is 3.63. The van der Waals surface area contributed by atoms with Crippen LogP contribution in [0.1, 0.15) is 34.1 Å². The van der Waals surface area contributed by atoms with Gasteiger partial charge in [0.1, 0.15) is 5.15 Å². The maximum Gasteiger partial charge on any atom is 0.263 e. The van der Waals surface area contributed by atoms with Gasteiger partial charge in [0, 0.05) is 6.54 Å². The van der Waals surface area contributed by atoms with Gasteiger partial charge < -0.3 is 4.57 Å². The van der Waals surface area contributed by atoms with Gasteiger partial charge in [0.2, 0.25) is 5.95 Å². The van der Waals surface area contributed by atoms with E-state index in [0.29, 0.717) is 35.4 Å². The fraction of sp³-hybridized carbons (Fsp3) is 0.227. The fourth-order valence-electron chi connectivity index (χ4n) is 3.44. The molecule has 0 atom stereocenters. The van der Waals surface area contributed by atoms with E-state index >= 15 is 0 Å². The van der Waals surface area contributed by atoms with Crippen LogP contribution in [0.3, 0.4) is 0 Å². The quantitative estimate of drug-likeness (QED) is 0.515. The van der Waals surface area contributed by atoms with Gasteiger partial charge in [-0.1, -0.05) is 53.6 Å². The Labute approximate surface area is 174 Å². The molecule has 29 heavy (non-hydrogen) atoms. The largest absolute Gasteiger partial charge is 0.310 e. The van der Waals surface area contributed by atoms with Crippen LogP contribution < -0.4 is 5.32 Å². The number of para-hydroxylation sites is 2. The highest BCUT2D eigenvalue weighted by molar-refractivity contribution is 6.33. The number of halogens is 1. The van der Waals surface area contributed by atoms with E-state index in [0.717, 1.165) is 16.6 Å². The summed E-state index contributed by atoms with van der Waals surface area (Å²) in [7, 11) is 0. The Morgan fingerprint density at radius 3 is 2.55 bits per heavy atom. The van der Waals surface area contributed by atoms with Crippen LogP contribution in [0.5, 0.6) is 0 Å². The highest BCUT2D eigenvalue weighted by Crippen LogP contribution is 2.24. The lowest BCUT2D eigenvalue weighted by Gasteiger charge is -2.08. The molecule has 0 unspecified atom stereocenters. The molecule has 0 aliphatic carbocycles. The second-order valence-electron chi connectivity index (χ2n) is 7.02. The van der Waals surface area contributed by atoms with Crippen LogP contribution in [0.15, 0.2) is 48.5 Å². The van der Waals surface area contributed by atoms with E-state index in [4.69, 9.17) is 11.6 Å². The van der Waals surface area contributed by atoms with Crippen LogP contribution in [0.4, 0.5) is 5.95 Å². The molecule has 0 saturated carbocycles. The number of hydrogen-bond acceptors (Lipinski definition) is 3. The fourth-order valence-corrected chi connectivity index (χ4v) is 3.76. The van der Waals surface area contributed by atoms with E-state index in [9.17, 15) is 4.79 Å². The Bertz CT molecular complexity index is 1190. The third-order valence-electron chi connectivity index (χ3n) is 4.94. The lowest BCUT2D eigenvalue weighted by Crippen LogP contribution is -2.16. The van der Waals surface area contributed by atoms with Crippen molar-refractivity contribution in [2.24, 2.45) is 0 Å². The Balaban J connectivity index is 1.63. The van der Waals surface area contributed by atoms with Gasteiger partial charge in [0.15, 0.2) is 0 Å². The predicted octanol–water partition coefficient (Wildman–Crippen LogP) is 4.82. The smallest absolute Gasteiger partial charge is 0.263 e. The van der Waals surface area contributed by atoms with E-state index in [-0.39, 0.29) is 5.91 Å². The Morgan fingerprint density at radius 1 is 1.10 bits per heavy atom. The number of rotatable bonds is 5. The molecular formula is C22H22ClN5O. The monoisotopic (exact) mass is 407 g/mol. The first-order chi connectivity index (χ1) is 14.0. The zero-order valence-corrected chi connectivity index (χ0v) is 17.4. The highest BCUT2D eigenvalue weighted by Gasteiger charge is 2.22. The van der Waals surface area contributed by atoms with Crippen LogP contribution in [-0.2, 0) is 13.1 Å². The molecule has 0 aliphatic heterocycles. The number of nitrogens with one attached hydrogen (secondary N) is 1. The molecule has 0 spiro atoms. The number of imidazole rings is 1. The normalized spacial score (nSPS) is 11.2. The van der Waals surface area contributed by atoms with Gasteiger partial charge in [0.05, 0.1) is 28.8 Å². The van der Waals surface area contributed by atoms with Crippen LogP contribution in [0.25, 0.3) is 11.0 Å². The number of carbonyl (C=O) groups is 1. The Hall–Kier alpha value is -3.12. The molecule has 1 N–H and O–H groups in total. The number of fused-ring (bicyclic) bond motifs is 1. The number of hydrogen-bond donors (Lipinski definition) is 1. The van der Waals surface area contributed by atoms with Gasteiger partial charge in [-0.25, -0.2) is 9.67 Å². The van der Waals surface area contributed by atoms with Crippen molar-refractivity contribution in [3.05, 3.63) is 76.1 Å². The number of amides is 1. The zero-order valence-electron chi connectivity index (χ0n) is 16.6. The SMILES string of the molecule is CCn1c(NC(=O)c2c(C)nn(Cc3ccc(C)cc3)c2Cl)nc2ccccc21. The lowest BCUT2D eigenvalue weighted by molar-refractivity contribution is 0.102.